The molecule has 4 nitrogen and oxygen atoms in total. The molecular weight excluding hydrogens is 307 g/mol. The molecule has 0 aliphatic rings. The fourth-order valence-corrected chi connectivity index (χ4v) is 2.71. The molecule has 6 heteroatoms. The van der Waals surface area contributed by atoms with Gasteiger partial charge in [0.2, 0.25) is 0 Å². The molecule has 0 spiro atoms. The van der Waals surface area contributed by atoms with E-state index in [1.165, 1.54) is 25.3 Å². The number of halogens is 2. The minimum Gasteiger partial charge on any atom is -0.465 e. The Morgan fingerprint density at radius 2 is 2.14 bits per heavy atom. The normalized spacial score (nSPS) is 10.9. The summed E-state index contributed by atoms with van der Waals surface area (Å²) in [6.07, 6.45) is 1.61. The van der Waals surface area contributed by atoms with E-state index >= 15 is 0 Å². The van der Waals surface area contributed by atoms with Crippen molar-refractivity contribution in [2.45, 2.75) is 6.92 Å². The third-order valence-corrected chi connectivity index (χ3v) is 3.74. The summed E-state index contributed by atoms with van der Waals surface area (Å²) < 4.78 is 20.2. The maximum Gasteiger partial charge on any atom is 0.340 e. The fraction of sp³-hybridized carbons (Fsp3) is 0.125. The van der Waals surface area contributed by atoms with Crippen molar-refractivity contribution in [3.05, 3.63) is 58.8 Å². The van der Waals surface area contributed by atoms with E-state index in [1.54, 1.807) is 29.7 Å². The van der Waals surface area contributed by atoms with Crippen molar-refractivity contribution < 1.29 is 13.9 Å². The summed E-state index contributed by atoms with van der Waals surface area (Å²) in [6, 6.07) is 7.52. The first-order valence-corrected chi connectivity index (χ1v) is 6.91. The zero-order valence-electron chi connectivity index (χ0n) is 11.9. The molecule has 0 saturated heterocycles. The largest absolute Gasteiger partial charge is 0.465 e. The van der Waals surface area contributed by atoms with Gasteiger partial charge in [-0.25, -0.2) is 14.2 Å². The van der Waals surface area contributed by atoms with Gasteiger partial charge in [0.1, 0.15) is 11.6 Å². The Morgan fingerprint density at radius 1 is 1.36 bits per heavy atom. The van der Waals surface area contributed by atoms with Crippen molar-refractivity contribution in [1.82, 2.24) is 9.38 Å². The van der Waals surface area contributed by atoms with Crippen LogP contribution in [0.15, 0.2) is 36.5 Å². The Bertz CT molecular complexity index is 889. The molecular formula is C16H12ClFN2O2. The summed E-state index contributed by atoms with van der Waals surface area (Å²) in [7, 11) is 1.29. The number of carbonyl (C=O) groups excluding carboxylic acids is 1. The summed E-state index contributed by atoms with van der Waals surface area (Å²) in [4.78, 5) is 16.3. The number of methoxy groups -OCH3 is 1. The molecule has 0 N–H and O–H groups in total. The van der Waals surface area contributed by atoms with E-state index in [1.807, 2.05) is 0 Å². The van der Waals surface area contributed by atoms with Crippen LogP contribution in [0, 0.1) is 12.7 Å². The SMILES string of the molecule is COC(=O)c1cc(Cl)c2cnc(C)n2c1-c1cccc(F)c1. The molecule has 0 saturated carbocycles. The van der Waals surface area contributed by atoms with Gasteiger partial charge in [-0.2, -0.15) is 0 Å². The van der Waals surface area contributed by atoms with Crippen LogP contribution in [0.25, 0.3) is 16.8 Å². The lowest BCUT2D eigenvalue weighted by Crippen LogP contribution is -2.08. The monoisotopic (exact) mass is 318 g/mol. The van der Waals surface area contributed by atoms with Crippen LogP contribution < -0.4 is 0 Å². The highest BCUT2D eigenvalue weighted by Gasteiger charge is 2.21. The first-order chi connectivity index (χ1) is 10.5. The predicted molar refractivity (Wildman–Crippen MR) is 81.7 cm³/mol. The van der Waals surface area contributed by atoms with Gasteiger partial charge in [-0.1, -0.05) is 23.7 Å². The van der Waals surface area contributed by atoms with Gasteiger partial charge in [0.05, 0.1) is 35.1 Å². The highest BCUT2D eigenvalue weighted by Crippen LogP contribution is 2.32. The maximum atomic E-state index is 13.6. The average molecular weight is 319 g/mol. The number of hydrogen-bond acceptors (Lipinski definition) is 3. The number of imidazole rings is 1. The van der Waals surface area contributed by atoms with Gasteiger partial charge in [-0.3, -0.25) is 4.40 Å². The van der Waals surface area contributed by atoms with E-state index in [0.717, 1.165) is 0 Å². The van der Waals surface area contributed by atoms with Crippen LogP contribution in [-0.2, 0) is 4.74 Å². The molecule has 3 aromatic rings. The third kappa shape index (κ3) is 2.23. The van der Waals surface area contributed by atoms with Crippen LogP contribution in [-0.4, -0.2) is 22.5 Å². The van der Waals surface area contributed by atoms with Crippen molar-refractivity contribution in [2.75, 3.05) is 7.11 Å². The van der Waals surface area contributed by atoms with Crippen molar-refractivity contribution in [3.63, 3.8) is 0 Å². The quantitative estimate of drug-likeness (QED) is 0.673. The van der Waals surface area contributed by atoms with E-state index in [4.69, 9.17) is 16.3 Å². The molecule has 3 rings (SSSR count). The highest BCUT2D eigenvalue weighted by molar-refractivity contribution is 6.34. The second kappa shape index (κ2) is 5.42. The summed E-state index contributed by atoms with van der Waals surface area (Å²) >= 11 is 6.22. The Morgan fingerprint density at radius 3 is 2.82 bits per heavy atom. The average Bonchev–Trinajstić information content (AvgIpc) is 2.89. The molecule has 112 valence electrons. The molecule has 1 aromatic carbocycles. The summed E-state index contributed by atoms with van der Waals surface area (Å²) in [5.41, 5.74) is 1.95. The predicted octanol–water partition coefficient (Wildman–Crippen LogP) is 3.89. The van der Waals surface area contributed by atoms with Gasteiger partial charge in [-0.15, -0.1) is 0 Å². The second-order valence-corrected chi connectivity index (χ2v) is 5.19. The summed E-state index contributed by atoms with van der Waals surface area (Å²) in [6.45, 7) is 1.78. The highest BCUT2D eigenvalue weighted by atomic mass is 35.5. The number of nitrogens with zero attached hydrogens (tertiary/aromatic N) is 2. The molecule has 2 heterocycles. The van der Waals surface area contributed by atoms with E-state index in [9.17, 15) is 9.18 Å². The molecule has 22 heavy (non-hydrogen) atoms. The molecule has 0 amide bonds. The van der Waals surface area contributed by atoms with E-state index in [-0.39, 0.29) is 5.56 Å². The van der Waals surface area contributed by atoms with Crippen molar-refractivity contribution in [2.24, 2.45) is 0 Å². The van der Waals surface area contributed by atoms with Crippen LogP contribution >= 0.6 is 11.6 Å². The van der Waals surface area contributed by atoms with Crippen LogP contribution in [0.3, 0.4) is 0 Å². The van der Waals surface area contributed by atoms with Crippen LogP contribution in [0.2, 0.25) is 5.02 Å². The van der Waals surface area contributed by atoms with Gasteiger partial charge in [0.25, 0.3) is 0 Å². The minimum absolute atomic E-state index is 0.256. The standard InChI is InChI=1S/C16H12ClFN2O2/c1-9-19-8-14-13(17)7-12(16(21)22-2)15(20(9)14)10-4-3-5-11(18)6-10/h3-8H,1-2H3. The first kappa shape index (κ1) is 14.5. The van der Waals surface area contributed by atoms with Crippen LogP contribution in [0.4, 0.5) is 4.39 Å². The van der Waals surface area contributed by atoms with Gasteiger partial charge in [0.15, 0.2) is 0 Å². The molecule has 0 unspecified atom stereocenters. The summed E-state index contributed by atoms with van der Waals surface area (Å²) in [5, 5.41) is 0.376. The summed E-state index contributed by atoms with van der Waals surface area (Å²) in [5.74, 6) is -0.299. The number of pyridine rings is 1. The topological polar surface area (TPSA) is 43.6 Å². The second-order valence-electron chi connectivity index (χ2n) is 4.78. The molecule has 0 atom stereocenters. The molecule has 0 aliphatic heterocycles. The van der Waals surface area contributed by atoms with Crippen molar-refractivity contribution in [3.8, 4) is 11.3 Å². The lowest BCUT2D eigenvalue weighted by molar-refractivity contribution is 0.0601. The Hall–Kier alpha value is -2.40. The Balaban J connectivity index is 2.46. The van der Waals surface area contributed by atoms with Gasteiger partial charge in [0, 0.05) is 5.56 Å². The fourth-order valence-electron chi connectivity index (χ4n) is 2.47. The number of fused-ring (bicyclic) bond motifs is 1. The zero-order chi connectivity index (χ0) is 15.9. The molecule has 0 bridgehead atoms. The first-order valence-electron chi connectivity index (χ1n) is 6.53. The number of hydrogen-bond donors (Lipinski definition) is 0. The molecule has 0 radical (unpaired) electrons. The van der Waals surface area contributed by atoms with E-state index in [2.05, 4.69) is 4.98 Å². The zero-order valence-corrected chi connectivity index (χ0v) is 12.7. The minimum atomic E-state index is -0.545. The molecule has 0 aliphatic carbocycles. The van der Waals surface area contributed by atoms with E-state index < -0.39 is 11.8 Å². The number of ether oxygens (including phenoxy) is 1. The lowest BCUT2D eigenvalue weighted by Gasteiger charge is -2.14. The maximum absolute atomic E-state index is 13.6. The van der Waals surface area contributed by atoms with Gasteiger partial charge >= 0.3 is 5.97 Å². The third-order valence-electron chi connectivity index (χ3n) is 3.44. The smallest absolute Gasteiger partial charge is 0.340 e. The van der Waals surface area contributed by atoms with E-state index in [0.29, 0.717) is 27.6 Å². The van der Waals surface area contributed by atoms with Gasteiger partial charge < -0.3 is 4.74 Å². The molecule has 2 aromatic heterocycles. The Kier molecular flexibility index (Phi) is 3.58. The van der Waals surface area contributed by atoms with Gasteiger partial charge in [-0.05, 0) is 25.1 Å². The number of carbonyl (C=O) groups is 1. The number of benzene rings is 1. The van der Waals surface area contributed by atoms with Crippen LogP contribution in [0.1, 0.15) is 16.2 Å². The van der Waals surface area contributed by atoms with Crippen molar-refractivity contribution >= 4 is 23.1 Å². The number of rotatable bonds is 2. The number of aromatic nitrogens is 2. The number of esters is 1. The van der Waals surface area contributed by atoms with Crippen molar-refractivity contribution in [1.29, 1.82) is 0 Å². The number of aryl methyl sites for hydroxylation is 1. The Labute approximate surface area is 131 Å². The van der Waals surface area contributed by atoms with Crippen LogP contribution in [0.5, 0.6) is 0 Å². The molecule has 0 fully saturated rings. The lowest BCUT2D eigenvalue weighted by atomic mass is 10.0.